The molecule has 0 aliphatic rings. The monoisotopic (exact) mass is 260 g/mol. The molecule has 4 nitrogen and oxygen atoms in total. The lowest BCUT2D eigenvalue weighted by atomic mass is 10.4. The SMILES string of the molecule is COCC(Sc1cccc(Cl)c1)C(=O)NN. The van der Waals surface area contributed by atoms with Crippen molar-refractivity contribution in [3.8, 4) is 0 Å². The van der Waals surface area contributed by atoms with Gasteiger partial charge in [-0.15, -0.1) is 11.8 Å². The van der Waals surface area contributed by atoms with Gasteiger partial charge in [-0.1, -0.05) is 17.7 Å². The summed E-state index contributed by atoms with van der Waals surface area (Å²) in [4.78, 5) is 12.3. The van der Waals surface area contributed by atoms with Gasteiger partial charge in [0.2, 0.25) is 5.91 Å². The van der Waals surface area contributed by atoms with E-state index in [4.69, 9.17) is 22.2 Å². The van der Waals surface area contributed by atoms with Crippen LogP contribution in [0.2, 0.25) is 5.02 Å². The molecule has 0 saturated carbocycles. The van der Waals surface area contributed by atoms with Crippen LogP contribution in [0.1, 0.15) is 0 Å². The maximum absolute atomic E-state index is 11.4. The standard InChI is InChI=1S/C10H13ClN2O2S/c1-15-6-9(10(14)13-12)16-8-4-2-3-7(11)5-8/h2-5,9H,6,12H2,1H3,(H,13,14). The quantitative estimate of drug-likeness (QED) is 0.364. The lowest BCUT2D eigenvalue weighted by molar-refractivity contribution is -0.121. The highest BCUT2D eigenvalue weighted by Gasteiger charge is 2.18. The van der Waals surface area contributed by atoms with Crippen molar-refractivity contribution in [2.45, 2.75) is 10.1 Å². The Labute approximate surface area is 103 Å². The van der Waals surface area contributed by atoms with Crippen LogP contribution < -0.4 is 11.3 Å². The first kappa shape index (κ1) is 13.3. The van der Waals surface area contributed by atoms with Crippen LogP contribution in [0.5, 0.6) is 0 Å². The summed E-state index contributed by atoms with van der Waals surface area (Å²) in [5.41, 5.74) is 2.11. The topological polar surface area (TPSA) is 64.3 Å². The molecule has 0 heterocycles. The van der Waals surface area contributed by atoms with Crippen LogP contribution >= 0.6 is 23.4 Å². The van der Waals surface area contributed by atoms with Crippen LogP contribution in [0.3, 0.4) is 0 Å². The van der Waals surface area contributed by atoms with Crippen LogP contribution in [0.15, 0.2) is 29.2 Å². The number of carbonyl (C=O) groups excluding carboxylic acids is 1. The van der Waals surface area contributed by atoms with E-state index >= 15 is 0 Å². The summed E-state index contributed by atoms with van der Waals surface area (Å²) in [5.74, 6) is 4.82. The van der Waals surface area contributed by atoms with Gasteiger partial charge in [-0.25, -0.2) is 5.84 Å². The van der Waals surface area contributed by atoms with E-state index < -0.39 is 0 Å². The Morgan fingerprint density at radius 2 is 2.44 bits per heavy atom. The number of hydrazine groups is 1. The molecule has 1 aromatic carbocycles. The number of thioether (sulfide) groups is 1. The summed E-state index contributed by atoms with van der Waals surface area (Å²) in [7, 11) is 1.54. The largest absolute Gasteiger partial charge is 0.383 e. The van der Waals surface area contributed by atoms with Crippen LogP contribution in [-0.4, -0.2) is 24.9 Å². The number of methoxy groups -OCH3 is 1. The number of halogens is 1. The van der Waals surface area contributed by atoms with E-state index in [0.717, 1.165) is 4.90 Å². The molecule has 0 radical (unpaired) electrons. The average Bonchev–Trinajstić information content (AvgIpc) is 2.27. The van der Waals surface area contributed by atoms with E-state index in [9.17, 15) is 4.79 Å². The maximum atomic E-state index is 11.4. The third-order valence-electron chi connectivity index (χ3n) is 1.83. The normalized spacial score (nSPS) is 12.2. The number of rotatable bonds is 5. The smallest absolute Gasteiger partial charge is 0.249 e. The summed E-state index contributed by atoms with van der Waals surface area (Å²) >= 11 is 7.21. The molecule has 0 aromatic heterocycles. The third-order valence-corrected chi connectivity index (χ3v) is 3.22. The molecular weight excluding hydrogens is 248 g/mol. The zero-order chi connectivity index (χ0) is 12.0. The lowest BCUT2D eigenvalue weighted by Crippen LogP contribution is -2.39. The first-order valence-corrected chi connectivity index (χ1v) is 5.84. The molecule has 3 N–H and O–H groups in total. The van der Waals surface area contributed by atoms with E-state index in [1.807, 2.05) is 12.1 Å². The molecule has 1 atom stereocenters. The van der Waals surface area contributed by atoms with Crippen LogP contribution in [0.25, 0.3) is 0 Å². The summed E-state index contributed by atoms with van der Waals surface area (Å²) in [6.45, 7) is 0.292. The fourth-order valence-corrected chi connectivity index (χ4v) is 2.43. The summed E-state index contributed by atoms with van der Waals surface area (Å²) < 4.78 is 4.96. The van der Waals surface area contributed by atoms with Gasteiger partial charge in [0, 0.05) is 17.0 Å². The number of carbonyl (C=O) groups is 1. The number of amides is 1. The third kappa shape index (κ3) is 4.02. The number of benzene rings is 1. The van der Waals surface area contributed by atoms with Crippen molar-refractivity contribution in [2.24, 2.45) is 5.84 Å². The molecule has 16 heavy (non-hydrogen) atoms. The molecule has 0 saturated heterocycles. The molecule has 0 bridgehead atoms. The fourth-order valence-electron chi connectivity index (χ4n) is 1.11. The number of hydrogen-bond acceptors (Lipinski definition) is 4. The van der Waals surface area contributed by atoms with Crippen LogP contribution in [0.4, 0.5) is 0 Å². The predicted molar refractivity (Wildman–Crippen MR) is 65.3 cm³/mol. The van der Waals surface area contributed by atoms with Crippen LogP contribution in [-0.2, 0) is 9.53 Å². The zero-order valence-electron chi connectivity index (χ0n) is 8.77. The zero-order valence-corrected chi connectivity index (χ0v) is 10.3. The first-order valence-electron chi connectivity index (χ1n) is 4.59. The van der Waals surface area contributed by atoms with Crippen molar-refractivity contribution in [1.29, 1.82) is 0 Å². The summed E-state index contributed by atoms with van der Waals surface area (Å²) in [6, 6.07) is 7.27. The number of nitrogens with two attached hydrogens (primary N) is 1. The molecule has 6 heteroatoms. The molecule has 0 aliphatic carbocycles. The molecule has 1 unspecified atom stereocenters. The van der Waals surface area contributed by atoms with Gasteiger partial charge in [-0.2, -0.15) is 0 Å². The average molecular weight is 261 g/mol. The van der Waals surface area contributed by atoms with Crippen molar-refractivity contribution in [3.05, 3.63) is 29.3 Å². The Bertz CT molecular complexity index is 362. The molecule has 1 amide bonds. The second-order valence-electron chi connectivity index (χ2n) is 3.03. The van der Waals surface area contributed by atoms with Crippen molar-refractivity contribution in [1.82, 2.24) is 5.43 Å². The van der Waals surface area contributed by atoms with Crippen molar-refractivity contribution in [2.75, 3.05) is 13.7 Å². The predicted octanol–water partition coefficient (Wildman–Crippen LogP) is 1.44. The summed E-state index contributed by atoms with van der Waals surface area (Å²) in [5, 5.41) is 0.253. The van der Waals surface area contributed by atoms with Gasteiger partial charge in [0.15, 0.2) is 0 Å². The van der Waals surface area contributed by atoms with E-state index in [1.165, 1.54) is 18.9 Å². The van der Waals surface area contributed by atoms with Gasteiger partial charge in [0.1, 0.15) is 5.25 Å². The Morgan fingerprint density at radius 3 is 3.00 bits per heavy atom. The first-order chi connectivity index (χ1) is 7.67. The molecular formula is C10H13ClN2O2S. The van der Waals surface area contributed by atoms with Gasteiger partial charge in [0.05, 0.1) is 6.61 Å². The molecule has 0 aliphatic heterocycles. The second kappa shape index (κ2) is 6.75. The van der Waals surface area contributed by atoms with E-state index in [2.05, 4.69) is 5.43 Å². The Kier molecular flexibility index (Phi) is 5.62. The molecule has 0 spiro atoms. The fraction of sp³-hybridized carbons (Fsp3) is 0.300. The highest BCUT2D eigenvalue weighted by Crippen LogP contribution is 2.26. The number of ether oxygens (including phenoxy) is 1. The Morgan fingerprint density at radius 1 is 1.69 bits per heavy atom. The number of nitrogens with one attached hydrogen (secondary N) is 1. The van der Waals surface area contributed by atoms with E-state index in [1.54, 1.807) is 12.1 Å². The van der Waals surface area contributed by atoms with Crippen molar-refractivity contribution in [3.63, 3.8) is 0 Å². The van der Waals surface area contributed by atoms with Crippen molar-refractivity contribution >= 4 is 29.3 Å². The molecule has 88 valence electrons. The van der Waals surface area contributed by atoms with Gasteiger partial charge < -0.3 is 4.74 Å². The van der Waals surface area contributed by atoms with Gasteiger partial charge in [-0.05, 0) is 18.2 Å². The minimum Gasteiger partial charge on any atom is -0.383 e. The maximum Gasteiger partial charge on any atom is 0.249 e. The van der Waals surface area contributed by atoms with E-state index in [-0.39, 0.29) is 11.2 Å². The molecule has 1 rings (SSSR count). The van der Waals surface area contributed by atoms with Gasteiger partial charge in [0.25, 0.3) is 0 Å². The minimum atomic E-state index is -0.381. The molecule has 0 fully saturated rings. The van der Waals surface area contributed by atoms with Crippen LogP contribution in [0, 0.1) is 0 Å². The van der Waals surface area contributed by atoms with Gasteiger partial charge in [-0.3, -0.25) is 10.2 Å². The highest BCUT2D eigenvalue weighted by molar-refractivity contribution is 8.00. The van der Waals surface area contributed by atoms with E-state index in [0.29, 0.717) is 11.6 Å². The highest BCUT2D eigenvalue weighted by atomic mass is 35.5. The minimum absolute atomic E-state index is 0.271. The molecule has 1 aromatic rings. The van der Waals surface area contributed by atoms with Crippen molar-refractivity contribution < 1.29 is 9.53 Å². The second-order valence-corrected chi connectivity index (χ2v) is 4.74. The Balaban J connectivity index is 2.71. The Hall–Kier alpha value is -0.750. The van der Waals surface area contributed by atoms with Gasteiger partial charge >= 0.3 is 0 Å². The lowest BCUT2D eigenvalue weighted by Gasteiger charge is -2.13. The number of hydrogen-bond donors (Lipinski definition) is 2. The summed E-state index contributed by atoms with van der Waals surface area (Å²) in [6.07, 6.45) is 0.